The van der Waals surface area contributed by atoms with Crippen LogP contribution in [0.5, 0.6) is 0 Å². The Balaban J connectivity index is 1.37. The van der Waals surface area contributed by atoms with Gasteiger partial charge in [-0.1, -0.05) is 23.7 Å². The Morgan fingerprint density at radius 1 is 1.04 bits per heavy atom. The molecule has 0 fully saturated rings. The lowest BCUT2D eigenvalue weighted by Gasteiger charge is -2.13. The van der Waals surface area contributed by atoms with E-state index in [4.69, 9.17) is 10.6 Å². The zero-order chi connectivity index (χ0) is 19.9. The quantitative estimate of drug-likeness (QED) is 0.187. The van der Waals surface area contributed by atoms with Gasteiger partial charge in [0.25, 0.3) is 11.8 Å². The smallest absolute Gasteiger partial charge is 0.335 e. The van der Waals surface area contributed by atoms with E-state index in [9.17, 15) is 14.4 Å². The number of rotatable bonds is 8. The number of carbonyl (C=O) groups excluding carboxylic acids is 3. The maximum absolute atomic E-state index is 12.2. The van der Waals surface area contributed by atoms with Crippen LogP contribution in [0.4, 0.5) is 0 Å². The molecule has 1 aliphatic heterocycles. The number of fused-ring (bicyclic) bond motifs is 1. The number of amides is 2. The van der Waals surface area contributed by atoms with Crippen molar-refractivity contribution in [2.24, 2.45) is 10.9 Å². The molecule has 2 amide bonds. The third kappa shape index (κ3) is 4.40. The van der Waals surface area contributed by atoms with E-state index in [1.54, 1.807) is 42.6 Å². The molecule has 144 valence electrons. The average Bonchev–Trinajstić information content (AvgIpc) is 2.97. The van der Waals surface area contributed by atoms with Gasteiger partial charge in [-0.2, -0.15) is 0 Å². The lowest BCUT2D eigenvalue weighted by molar-refractivity contribution is -0.143. The van der Waals surface area contributed by atoms with Crippen molar-refractivity contribution in [3.8, 4) is 0 Å². The number of nitrogens with zero attached hydrogens (tertiary/aromatic N) is 3. The molecule has 8 heteroatoms. The minimum absolute atomic E-state index is 0.0760. The molecule has 0 radical (unpaired) electrons. The molecule has 0 aliphatic carbocycles. The van der Waals surface area contributed by atoms with Gasteiger partial charge in [-0.15, -0.1) is 0 Å². The molecule has 28 heavy (non-hydrogen) atoms. The number of unbranched alkanes of at least 4 members (excludes halogenated alkanes) is 2. The van der Waals surface area contributed by atoms with E-state index in [0.717, 1.165) is 0 Å². The normalized spacial score (nSPS) is 13.6. The number of benzene rings is 1. The molecule has 0 atom stereocenters. The molecule has 0 unspecified atom stereocenters. The van der Waals surface area contributed by atoms with Gasteiger partial charge >= 0.3 is 5.97 Å². The van der Waals surface area contributed by atoms with Crippen LogP contribution in [0, 0.1) is 0 Å². The topological polar surface area (TPSA) is 115 Å². The van der Waals surface area contributed by atoms with Crippen molar-refractivity contribution in [3.63, 3.8) is 0 Å². The molecule has 8 nitrogen and oxygen atoms in total. The molecule has 2 heterocycles. The first-order valence-corrected chi connectivity index (χ1v) is 8.97. The fourth-order valence-electron chi connectivity index (χ4n) is 2.87. The molecular weight excluding hydrogens is 360 g/mol. The predicted molar refractivity (Wildman–Crippen MR) is 101 cm³/mol. The number of hydrogen-bond acceptors (Lipinski definition) is 6. The highest BCUT2D eigenvalue weighted by atomic mass is 16.7. The van der Waals surface area contributed by atoms with Gasteiger partial charge in [-0.05, 0) is 37.1 Å². The van der Waals surface area contributed by atoms with Crippen LogP contribution in [0.1, 0.15) is 52.0 Å². The van der Waals surface area contributed by atoms with E-state index in [0.29, 0.717) is 42.5 Å². The zero-order valence-corrected chi connectivity index (χ0v) is 15.2. The summed E-state index contributed by atoms with van der Waals surface area (Å²) in [5.74, 6) is -0.944. The van der Waals surface area contributed by atoms with Crippen molar-refractivity contribution >= 4 is 23.6 Å². The highest BCUT2D eigenvalue weighted by Crippen LogP contribution is 2.22. The van der Waals surface area contributed by atoms with Crippen LogP contribution in [0.25, 0.3) is 0 Å². The molecule has 3 rings (SSSR count). The summed E-state index contributed by atoms with van der Waals surface area (Å²) < 4.78 is 0. The van der Waals surface area contributed by atoms with Crippen LogP contribution in [-0.2, 0) is 9.63 Å². The van der Waals surface area contributed by atoms with Crippen LogP contribution in [0.2, 0.25) is 0 Å². The van der Waals surface area contributed by atoms with E-state index in [1.807, 2.05) is 0 Å². The van der Waals surface area contributed by atoms with Crippen molar-refractivity contribution in [2.75, 3.05) is 6.54 Å². The number of carbonyl (C=O) groups is 3. The van der Waals surface area contributed by atoms with Gasteiger partial charge in [0.05, 0.1) is 11.1 Å². The van der Waals surface area contributed by atoms with E-state index in [1.165, 1.54) is 11.1 Å². The summed E-state index contributed by atoms with van der Waals surface area (Å²) in [4.78, 5) is 46.2. The Labute approximate surface area is 162 Å². The third-order valence-electron chi connectivity index (χ3n) is 4.34. The van der Waals surface area contributed by atoms with Crippen molar-refractivity contribution in [2.45, 2.75) is 25.7 Å². The minimum atomic E-state index is -0.493. The maximum Gasteiger partial charge on any atom is 0.335 e. The maximum atomic E-state index is 12.2. The summed E-state index contributed by atoms with van der Waals surface area (Å²) >= 11 is 0. The van der Waals surface area contributed by atoms with Crippen LogP contribution in [-0.4, -0.2) is 40.0 Å². The van der Waals surface area contributed by atoms with Crippen molar-refractivity contribution in [1.29, 1.82) is 0 Å². The first-order valence-electron chi connectivity index (χ1n) is 8.97. The Morgan fingerprint density at radius 3 is 2.39 bits per heavy atom. The summed E-state index contributed by atoms with van der Waals surface area (Å²) in [6.07, 6.45) is 5.14. The second-order valence-electron chi connectivity index (χ2n) is 6.30. The largest absolute Gasteiger partial charge is 0.380 e. The molecule has 1 aliphatic rings. The number of pyridine rings is 1. The molecule has 1 aromatic carbocycles. The first kappa shape index (κ1) is 19.2. The van der Waals surface area contributed by atoms with Crippen LogP contribution < -0.4 is 5.73 Å². The Bertz CT molecular complexity index is 876. The lowest BCUT2D eigenvalue weighted by Crippen LogP contribution is -2.30. The van der Waals surface area contributed by atoms with Crippen LogP contribution >= 0.6 is 0 Å². The van der Waals surface area contributed by atoms with Gasteiger partial charge in [-0.25, -0.2) is 4.79 Å². The van der Waals surface area contributed by atoms with Crippen molar-refractivity contribution in [3.05, 3.63) is 65.5 Å². The molecule has 2 N–H and O–H groups in total. The molecule has 2 aromatic rings. The summed E-state index contributed by atoms with van der Waals surface area (Å²) in [6, 6.07) is 10.2. The second kappa shape index (κ2) is 8.90. The van der Waals surface area contributed by atoms with Gasteiger partial charge in [0.1, 0.15) is 0 Å². The van der Waals surface area contributed by atoms with Gasteiger partial charge < -0.3 is 10.6 Å². The Kier molecular flexibility index (Phi) is 6.11. The number of aromatic nitrogens is 1. The fraction of sp³-hybridized carbons (Fsp3) is 0.250. The van der Waals surface area contributed by atoms with Gasteiger partial charge in [0.15, 0.2) is 5.84 Å². The predicted octanol–water partition coefficient (Wildman–Crippen LogP) is 2.10. The Morgan fingerprint density at radius 2 is 1.75 bits per heavy atom. The Hall–Kier alpha value is -3.55. The molecule has 0 spiro atoms. The standard InChI is InChI=1S/C20H20N4O4/c21-18(14-7-6-11-22-13-14)23-28-17(25)10-2-1-5-12-24-19(26)15-8-3-4-9-16(15)20(24)27/h3-4,6-9,11,13H,1-2,5,10,12H2,(H2,21,23). The van der Waals surface area contributed by atoms with Gasteiger partial charge in [0.2, 0.25) is 0 Å². The molecule has 1 aromatic heterocycles. The summed E-state index contributed by atoms with van der Waals surface area (Å²) in [5, 5.41) is 3.61. The zero-order valence-electron chi connectivity index (χ0n) is 15.2. The average molecular weight is 380 g/mol. The number of amidine groups is 1. The van der Waals surface area contributed by atoms with E-state index in [2.05, 4.69) is 10.1 Å². The van der Waals surface area contributed by atoms with E-state index < -0.39 is 5.97 Å². The number of imide groups is 1. The second-order valence-corrected chi connectivity index (χ2v) is 6.30. The monoisotopic (exact) mass is 380 g/mol. The first-order chi connectivity index (χ1) is 13.6. The van der Waals surface area contributed by atoms with E-state index in [-0.39, 0.29) is 24.1 Å². The number of hydrogen-bond donors (Lipinski definition) is 1. The summed E-state index contributed by atoms with van der Waals surface area (Å²) in [6.45, 7) is 0.327. The molecule has 0 bridgehead atoms. The lowest BCUT2D eigenvalue weighted by atomic mass is 10.1. The third-order valence-corrected chi connectivity index (χ3v) is 4.34. The van der Waals surface area contributed by atoms with Crippen LogP contribution in [0.3, 0.4) is 0 Å². The number of oxime groups is 1. The van der Waals surface area contributed by atoms with Crippen molar-refractivity contribution in [1.82, 2.24) is 9.88 Å². The molecular formula is C20H20N4O4. The minimum Gasteiger partial charge on any atom is -0.380 e. The summed E-state index contributed by atoms with van der Waals surface area (Å²) in [5.41, 5.74) is 7.17. The molecule has 0 saturated heterocycles. The summed E-state index contributed by atoms with van der Waals surface area (Å²) in [7, 11) is 0. The highest BCUT2D eigenvalue weighted by Gasteiger charge is 2.34. The van der Waals surface area contributed by atoms with Crippen molar-refractivity contribution < 1.29 is 19.2 Å². The van der Waals surface area contributed by atoms with Gasteiger partial charge in [0, 0.05) is 30.9 Å². The molecule has 0 saturated carbocycles. The van der Waals surface area contributed by atoms with Gasteiger partial charge in [-0.3, -0.25) is 19.5 Å². The van der Waals surface area contributed by atoms with Crippen LogP contribution in [0.15, 0.2) is 53.9 Å². The number of nitrogens with two attached hydrogens (primary N) is 1. The SMILES string of the molecule is NC(=NOC(=O)CCCCCN1C(=O)c2ccccc2C1=O)c1cccnc1. The fourth-order valence-corrected chi connectivity index (χ4v) is 2.87. The highest BCUT2D eigenvalue weighted by molar-refractivity contribution is 6.21. The van der Waals surface area contributed by atoms with E-state index >= 15 is 0 Å².